The largest absolute Gasteiger partial charge is 0.492 e. The van der Waals surface area contributed by atoms with E-state index in [4.69, 9.17) is 13.9 Å². The maximum atomic E-state index is 11.1. The highest BCUT2D eigenvalue weighted by atomic mass is 32.1. The summed E-state index contributed by atoms with van der Waals surface area (Å²) in [6.07, 6.45) is 3.22. The smallest absolute Gasteiger partial charge is 0.230 e. The topological polar surface area (TPSA) is 85.3 Å². The summed E-state index contributed by atoms with van der Waals surface area (Å²) in [7, 11) is 0. The van der Waals surface area contributed by atoms with Crippen molar-refractivity contribution < 1.29 is 19.0 Å². The van der Waals surface area contributed by atoms with Crippen molar-refractivity contribution in [3.8, 4) is 17.5 Å². The Kier molecular flexibility index (Phi) is 4.43. The summed E-state index contributed by atoms with van der Waals surface area (Å²) >= 11 is 3.16. The van der Waals surface area contributed by atoms with Crippen molar-refractivity contribution in [2.24, 2.45) is 0 Å². The molecule has 156 valence electrons. The molecule has 0 aliphatic carbocycles. The van der Waals surface area contributed by atoms with Gasteiger partial charge < -0.3 is 19.0 Å². The highest BCUT2D eigenvalue weighted by Crippen LogP contribution is 2.44. The Balaban J connectivity index is 1.35. The number of ether oxygens (including phenoxy) is 2. The maximum Gasteiger partial charge on any atom is 0.230 e. The van der Waals surface area contributed by atoms with E-state index in [1.165, 1.54) is 20.7 Å². The summed E-state index contributed by atoms with van der Waals surface area (Å²) in [5.41, 5.74) is 0. The van der Waals surface area contributed by atoms with Crippen LogP contribution >= 0.6 is 22.7 Å². The first-order valence-corrected chi connectivity index (χ1v) is 11.6. The molecule has 0 amide bonds. The van der Waals surface area contributed by atoms with E-state index in [9.17, 15) is 5.11 Å². The van der Waals surface area contributed by atoms with Gasteiger partial charge in [0.1, 0.15) is 0 Å². The zero-order chi connectivity index (χ0) is 20.1. The number of thiazole rings is 1. The quantitative estimate of drug-likeness (QED) is 0.513. The number of hydrogen-bond acceptors (Lipinski definition) is 9. The molecule has 0 radical (unpaired) electrons. The molecule has 2 saturated heterocycles. The van der Waals surface area contributed by atoms with Crippen LogP contribution in [0.3, 0.4) is 0 Å². The molecule has 2 aliphatic rings. The van der Waals surface area contributed by atoms with E-state index in [0.29, 0.717) is 29.8 Å². The van der Waals surface area contributed by atoms with Crippen molar-refractivity contribution in [1.82, 2.24) is 19.5 Å². The van der Waals surface area contributed by atoms with E-state index >= 15 is 0 Å². The predicted molar refractivity (Wildman–Crippen MR) is 112 cm³/mol. The molecule has 6 heterocycles. The molecule has 4 aromatic heterocycles. The molecule has 8 nitrogen and oxygen atoms in total. The Morgan fingerprint density at radius 1 is 1.13 bits per heavy atom. The number of hydrogen-bond donors (Lipinski definition) is 1. The zero-order valence-corrected chi connectivity index (χ0v) is 17.7. The van der Waals surface area contributed by atoms with Crippen molar-refractivity contribution in [2.45, 2.75) is 24.7 Å². The van der Waals surface area contributed by atoms with Gasteiger partial charge in [-0.3, -0.25) is 4.90 Å². The van der Waals surface area contributed by atoms with Crippen LogP contribution in [0.2, 0.25) is 0 Å². The number of rotatable bonds is 4. The third-order valence-electron chi connectivity index (χ3n) is 5.74. The van der Waals surface area contributed by atoms with Gasteiger partial charge >= 0.3 is 0 Å². The van der Waals surface area contributed by atoms with Crippen molar-refractivity contribution in [1.29, 1.82) is 0 Å². The standard InChI is InChI=1S/C20H20N4O4S2/c25-18-16(30-19-21-17(22-24(18)19)13-3-1-9-26-13)15(14-4-2-12-29-14)23-7-5-20(6-8-23)27-10-11-28-20/h1-4,9,12,15,25H,5-8,10-11H2/t15-/m1/s1. The van der Waals surface area contributed by atoms with E-state index in [1.54, 1.807) is 23.7 Å². The Bertz CT molecular complexity index is 1140. The highest BCUT2D eigenvalue weighted by Gasteiger charge is 2.42. The minimum atomic E-state index is -0.429. The second-order valence-electron chi connectivity index (χ2n) is 7.46. The Morgan fingerprint density at radius 2 is 1.97 bits per heavy atom. The second-order valence-corrected chi connectivity index (χ2v) is 9.45. The van der Waals surface area contributed by atoms with Gasteiger partial charge in [0.05, 0.1) is 30.4 Å². The average molecular weight is 445 g/mol. The van der Waals surface area contributed by atoms with Gasteiger partial charge in [-0.25, -0.2) is 0 Å². The monoisotopic (exact) mass is 444 g/mol. The molecule has 10 heteroatoms. The lowest BCUT2D eigenvalue weighted by Crippen LogP contribution is -2.46. The first-order chi connectivity index (χ1) is 14.7. The summed E-state index contributed by atoms with van der Waals surface area (Å²) in [6, 6.07) is 7.71. The number of thiophene rings is 1. The van der Waals surface area contributed by atoms with Gasteiger partial charge in [0.2, 0.25) is 16.7 Å². The van der Waals surface area contributed by atoms with Crippen LogP contribution in [-0.4, -0.2) is 56.7 Å². The average Bonchev–Trinajstić information content (AvgIpc) is 3.56. The van der Waals surface area contributed by atoms with Crippen LogP contribution in [-0.2, 0) is 9.47 Å². The molecule has 2 aliphatic heterocycles. The van der Waals surface area contributed by atoms with Crippen LogP contribution in [0.15, 0.2) is 40.3 Å². The van der Waals surface area contributed by atoms with Gasteiger partial charge in [0.25, 0.3) is 0 Å². The van der Waals surface area contributed by atoms with Crippen LogP contribution in [0, 0.1) is 0 Å². The molecule has 1 spiro atoms. The Hall–Kier alpha value is -2.24. The molecule has 30 heavy (non-hydrogen) atoms. The first-order valence-electron chi connectivity index (χ1n) is 9.90. The van der Waals surface area contributed by atoms with Crippen LogP contribution in [0.5, 0.6) is 5.88 Å². The van der Waals surface area contributed by atoms with Gasteiger partial charge in [0.15, 0.2) is 11.5 Å². The molecule has 0 bridgehead atoms. The van der Waals surface area contributed by atoms with Gasteiger partial charge in [-0.1, -0.05) is 17.4 Å². The minimum Gasteiger partial charge on any atom is -0.492 e. The van der Waals surface area contributed by atoms with Gasteiger partial charge in [0, 0.05) is 30.8 Å². The van der Waals surface area contributed by atoms with Gasteiger partial charge in [-0.05, 0) is 23.6 Å². The van der Waals surface area contributed by atoms with Crippen molar-refractivity contribution in [3.63, 3.8) is 0 Å². The number of aromatic nitrogens is 3. The summed E-state index contributed by atoms with van der Waals surface area (Å²) < 4.78 is 18.7. The third kappa shape index (κ3) is 2.98. The normalized spacial score (nSPS) is 20.4. The fraction of sp³-hybridized carbons (Fsp3) is 0.400. The summed E-state index contributed by atoms with van der Waals surface area (Å²) in [5.74, 6) is 0.755. The van der Waals surface area contributed by atoms with E-state index in [0.717, 1.165) is 30.8 Å². The van der Waals surface area contributed by atoms with Crippen molar-refractivity contribution >= 4 is 27.6 Å². The SMILES string of the molecule is Oc1c([C@@H](c2cccs2)N2CCC3(CC2)OCCO3)sc2nc(-c3ccco3)nn12. The lowest BCUT2D eigenvalue weighted by Gasteiger charge is -2.40. The van der Waals surface area contributed by atoms with E-state index in [2.05, 4.69) is 26.4 Å². The summed E-state index contributed by atoms with van der Waals surface area (Å²) in [6.45, 7) is 2.99. The van der Waals surface area contributed by atoms with Gasteiger partial charge in [-0.15, -0.1) is 16.4 Å². The molecule has 1 atom stereocenters. The fourth-order valence-corrected chi connectivity index (χ4v) is 6.32. The van der Waals surface area contributed by atoms with Crippen LogP contribution < -0.4 is 0 Å². The molecular formula is C20H20N4O4S2. The van der Waals surface area contributed by atoms with Crippen LogP contribution in [0.1, 0.15) is 28.6 Å². The predicted octanol–water partition coefficient (Wildman–Crippen LogP) is 3.75. The van der Waals surface area contributed by atoms with Crippen LogP contribution in [0.4, 0.5) is 0 Å². The van der Waals surface area contributed by atoms with Crippen LogP contribution in [0.25, 0.3) is 16.5 Å². The first kappa shape index (κ1) is 18.5. The number of furan rings is 1. The number of likely N-dealkylation sites (tertiary alicyclic amines) is 1. The lowest BCUT2D eigenvalue weighted by molar-refractivity contribution is -0.187. The number of fused-ring (bicyclic) bond motifs is 1. The molecule has 0 saturated carbocycles. The number of aromatic hydroxyl groups is 1. The fourth-order valence-electron chi connectivity index (χ4n) is 4.27. The minimum absolute atomic E-state index is 0.0516. The third-order valence-corrected chi connectivity index (χ3v) is 7.74. The lowest BCUT2D eigenvalue weighted by atomic mass is 10.0. The molecule has 0 unspecified atom stereocenters. The maximum absolute atomic E-state index is 11.1. The highest BCUT2D eigenvalue weighted by molar-refractivity contribution is 7.17. The molecule has 2 fully saturated rings. The second kappa shape index (κ2) is 7.17. The van der Waals surface area contributed by atoms with E-state index < -0.39 is 5.79 Å². The number of nitrogens with zero attached hydrogens (tertiary/aromatic N) is 4. The molecular weight excluding hydrogens is 424 g/mol. The van der Waals surface area contributed by atoms with E-state index in [1.807, 2.05) is 12.1 Å². The number of piperidine rings is 1. The molecule has 1 N–H and O–H groups in total. The summed E-state index contributed by atoms with van der Waals surface area (Å²) in [5, 5.41) is 17.6. The Morgan fingerprint density at radius 3 is 2.63 bits per heavy atom. The molecule has 4 aromatic rings. The Labute approximate surface area is 180 Å². The molecule has 0 aromatic carbocycles. The van der Waals surface area contributed by atoms with Crippen molar-refractivity contribution in [2.75, 3.05) is 26.3 Å². The van der Waals surface area contributed by atoms with E-state index in [-0.39, 0.29) is 11.9 Å². The molecule has 6 rings (SSSR count). The zero-order valence-electron chi connectivity index (χ0n) is 16.1. The van der Waals surface area contributed by atoms with Crippen molar-refractivity contribution in [3.05, 3.63) is 45.7 Å². The summed E-state index contributed by atoms with van der Waals surface area (Å²) in [4.78, 5) is 9.63. The van der Waals surface area contributed by atoms with Gasteiger partial charge in [-0.2, -0.15) is 9.50 Å².